The Hall–Kier alpha value is -1.24. The van der Waals surface area contributed by atoms with Crippen molar-refractivity contribution in [2.75, 3.05) is 19.6 Å². The first kappa shape index (κ1) is 25.8. The lowest BCUT2D eigenvalue weighted by molar-refractivity contribution is 0.580. The molecule has 162 valence electrons. The van der Waals surface area contributed by atoms with Crippen LogP contribution in [0.1, 0.15) is 33.6 Å². The van der Waals surface area contributed by atoms with Crippen molar-refractivity contribution in [2.24, 2.45) is 4.99 Å². The van der Waals surface area contributed by atoms with Gasteiger partial charge in [-0.1, -0.05) is 12.1 Å². The van der Waals surface area contributed by atoms with E-state index in [2.05, 4.69) is 25.3 Å². The number of benzene rings is 1. The minimum Gasteiger partial charge on any atom is -0.357 e. The summed E-state index contributed by atoms with van der Waals surface area (Å²) >= 11 is 1.64. The molecule has 1 aromatic carbocycles. The molecule has 1 heterocycles. The quantitative estimate of drug-likeness (QED) is 0.203. The molecular weight excluding hydrogens is 521 g/mol. The maximum atomic E-state index is 12.5. The summed E-state index contributed by atoms with van der Waals surface area (Å²) in [5, 5.41) is 7.36. The van der Waals surface area contributed by atoms with Gasteiger partial charge in [0.25, 0.3) is 0 Å². The molecule has 10 heteroatoms. The molecule has 0 radical (unpaired) electrons. The molecule has 0 spiro atoms. The van der Waals surface area contributed by atoms with Crippen LogP contribution in [0.4, 0.5) is 0 Å². The predicted molar refractivity (Wildman–Crippen MR) is 131 cm³/mol. The Balaban J connectivity index is 0.00000420. The molecule has 7 nitrogen and oxygen atoms in total. The molecule has 0 amide bonds. The second-order valence-corrected chi connectivity index (χ2v) is 9.55. The fraction of sp³-hybridized carbons (Fsp3) is 0.474. The third-order valence-corrected chi connectivity index (χ3v) is 6.73. The van der Waals surface area contributed by atoms with Gasteiger partial charge in [0.05, 0.1) is 22.1 Å². The fourth-order valence-electron chi connectivity index (χ4n) is 2.65. The molecule has 2 rings (SSSR count). The summed E-state index contributed by atoms with van der Waals surface area (Å²) in [5.74, 6) is 0.652. The van der Waals surface area contributed by atoms with Crippen molar-refractivity contribution in [3.05, 3.63) is 44.9 Å². The summed E-state index contributed by atoms with van der Waals surface area (Å²) in [6.45, 7) is 11.6. The lowest BCUT2D eigenvalue weighted by Crippen LogP contribution is -2.41. The monoisotopic (exact) mass is 551 g/mol. The highest BCUT2D eigenvalue weighted by atomic mass is 127. The number of nitrogens with one attached hydrogen (secondary N) is 3. The van der Waals surface area contributed by atoms with Crippen LogP contribution in [0.2, 0.25) is 0 Å². The SMILES string of the molecule is CCNC(=NCc1sc(C)nc1C)NCCNS(=O)(=O)c1cc(C)ccc1C.I. The summed E-state index contributed by atoms with van der Waals surface area (Å²) in [7, 11) is -3.54. The number of aryl methyl sites for hydroxylation is 4. The Bertz CT molecular complexity index is 942. The summed E-state index contributed by atoms with van der Waals surface area (Å²) in [5.41, 5.74) is 2.65. The number of aromatic nitrogens is 1. The maximum Gasteiger partial charge on any atom is 0.240 e. The average Bonchev–Trinajstić information content (AvgIpc) is 2.95. The minimum absolute atomic E-state index is 0. The molecule has 1 aromatic heterocycles. The van der Waals surface area contributed by atoms with Crippen LogP contribution >= 0.6 is 35.3 Å². The first-order valence-electron chi connectivity index (χ1n) is 9.25. The van der Waals surface area contributed by atoms with Gasteiger partial charge >= 0.3 is 0 Å². The smallest absolute Gasteiger partial charge is 0.240 e. The van der Waals surface area contributed by atoms with Crippen LogP contribution in [0, 0.1) is 27.7 Å². The van der Waals surface area contributed by atoms with Gasteiger partial charge in [0, 0.05) is 24.5 Å². The molecule has 3 N–H and O–H groups in total. The van der Waals surface area contributed by atoms with Crippen LogP contribution in [0.5, 0.6) is 0 Å². The van der Waals surface area contributed by atoms with Gasteiger partial charge in [0.15, 0.2) is 5.96 Å². The molecular formula is C19H30IN5O2S2. The third-order valence-electron chi connectivity index (χ3n) is 4.07. The normalized spacial score (nSPS) is 11.8. The number of hydrogen-bond donors (Lipinski definition) is 3. The molecule has 29 heavy (non-hydrogen) atoms. The van der Waals surface area contributed by atoms with E-state index in [1.54, 1.807) is 24.3 Å². The van der Waals surface area contributed by atoms with E-state index in [0.717, 1.165) is 33.3 Å². The van der Waals surface area contributed by atoms with Gasteiger partial charge in [0.1, 0.15) is 0 Å². The zero-order chi connectivity index (χ0) is 20.7. The summed E-state index contributed by atoms with van der Waals surface area (Å²) in [4.78, 5) is 10.4. The Morgan fingerprint density at radius 3 is 2.48 bits per heavy atom. The number of sulfonamides is 1. The van der Waals surface area contributed by atoms with Crippen molar-refractivity contribution in [1.29, 1.82) is 0 Å². The number of thiazole rings is 1. The molecule has 0 saturated heterocycles. The topological polar surface area (TPSA) is 95.5 Å². The lowest BCUT2D eigenvalue weighted by atomic mass is 10.2. The highest BCUT2D eigenvalue weighted by molar-refractivity contribution is 14.0. The zero-order valence-corrected chi connectivity index (χ0v) is 21.5. The molecule has 0 aliphatic rings. The van der Waals surface area contributed by atoms with E-state index < -0.39 is 10.0 Å². The van der Waals surface area contributed by atoms with E-state index in [0.29, 0.717) is 23.9 Å². The molecule has 0 atom stereocenters. The van der Waals surface area contributed by atoms with Crippen molar-refractivity contribution < 1.29 is 8.42 Å². The molecule has 0 aliphatic heterocycles. The Morgan fingerprint density at radius 1 is 1.14 bits per heavy atom. The van der Waals surface area contributed by atoms with Gasteiger partial charge in [0.2, 0.25) is 10.0 Å². The number of guanidine groups is 1. The zero-order valence-electron chi connectivity index (χ0n) is 17.5. The van der Waals surface area contributed by atoms with Gasteiger partial charge in [-0.15, -0.1) is 35.3 Å². The number of aliphatic imine (C=N–C) groups is 1. The summed E-state index contributed by atoms with van der Waals surface area (Å²) in [6.07, 6.45) is 0. The van der Waals surface area contributed by atoms with Crippen LogP contribution in [-0.2, 0) is 16.6 Å². The van der Waals surface area contributed by atoms with Crippen LogP contribution < -0.4 is 15.4 Å². The number of halogens is 1. The molecule has 2 aromatic rings. The highest BCUT2D eigenvalue weighted by Crippen LogP contribution is 2.18. The maximum absolute atomic E-state index is 12.5. The second-order valence-electron chi connectivity index (χ2n) is 6.53. The van der Waals surface area contributed by atoms with Crippen molar-refractivity contribution in [2.45, 2.75) is 46.1 Å². The number of rotatable bonds is 8. The van der Waals surface area contributed by atoms with Crippen LogP contribution in [0.15, 0.2) is 28.1 Å². The fourth-order valence-corrected chi connectivity index (χ4v) is 4.87. The lowest BCUT2D eigenvalue weighted by Gasteiger charge is -2.13. The van der Waals surface area contributed by atoms with Gasteiger partial charge in [-0.2, -0.15) is 0 Å². The molecule has 0 aliphatic carbocycles. The van der Waals surface area contributed by atoms with Crippen molar-refractivity contribution in [1.82, 2.24) is 20.3 Å². The first-order valence-corrected chi connectivity index (χ1v) is 11.5. The second kappa shape index (κ2) is 11.8. The number of nitrogens with zero attached hydrogens (tertiary/aromatic N) is 2. The van der Waals surface area contributed by atoms with Crippen molar-refractivity contribution in [3.8, 4) is 0 Å². The van der Waals surface area contributed by atoms with Crippen LogP contribution in [0.25, 0.3) is 0 Å². The van der Waals surface area contributed by atoms with Gasteiger partial charge in [-0.05, 0) is 51.8 Å². The van der Waals surface area contributed by atoms with Crippen LogP contribution in [0.3, 0.4) is 0 Å². The van der Waals surface area contributed by atoms with Gasteiger partial charge < -0.3 is 10.6 Å². The molecule has 0 fully saturated rings. The summed E-state index contributed by atoms with van der Waals surface area (Å²) in [6, 6.07) is 5.42. The molecule has 0 saturated carbocycles. The standard InChI is InChI=1S/C19H29N5O2S2.HI/c1-6-20-19(22-12-17-15(4)24-16(5)27-17)21-9-10-23-28(25,26)18-11-13(2)7-8-14(18)3;/h7-8,11,23H,6,9-10,12H2,1-5H3,(H2,20,21,22);1H. The Morgan fingerprint density at radius 2 is 1.86 bits per heavy atom. The third kappa shape index (κ3) is 7.83. The predicted octanol–water partition coefficient (Wildman–Crippen LogP) is 3.03. The van der Waals surface area contributed by atoms with E-state index in [1.165, 1.54) is 0 Å². The van der Waals surface area contributed by atoms with Gasteiger partial charge in [-0.3, -0.25) is 0 Å². The average molecular weight is 552 g/mol. The highest BCUT2D eigenvalue weighted by Gasteiger charge is 2.16. The van der Waals surface area contributed by atoms with Crippen LogP contribution in [-0.4, -0.2) is 39.0 Å². The van der Waals surface area contributed by atoms with Crippen molar-refractivity contribution in [3.63, 3.8) is 0 Å². The Kier molecular flexibility index (Phi) is 10.5. The first-order chi connectivity index (χ1) is 13.2. The molecule has 0 bridgehead atoms. The van der Waals surface area contributed by atoms with E-state index in [4.69, 9.17) is 0 Å². The van der Waals surface area contributed by atoms with Gasteiger partial charge in [-0.25, -0.2) is 23.1 Å². The van der Waals surface area contributed by atoms with E-state index >= 15 is 0 Å². The molecule has 0 unspecified atom stereocenters. The minimum atomic E-state index is -3.54. The van der Waals surface area contributed by atoms with E-state index in [-0.39, 0.29) is 30.5 Å². The number of hydrogen-bond acceptors (Lipinski definition) is 5. The largest absolute Gasteiger partial charge is 0.357 e. The van der Waals surface area contributed by atoms with E-state index in [9.17, 15) is 8.42 Å². The Labute approximate surface area is 194 Å². The summed E-state index contributed by atoms with van der Waals surface area (Å²) < 4.78 is 27.7. The van der Waals surface area contributed by atoms with Crippen molar-refractivity contribution >= 4 is 51.3 Å². The van der Waals surface area contributed by atoms with E-state index in [1.807, 2.05) is 39.8 Å².